The molecule has 1 fully saturated rings. The highest BCUT2D eigenvalue weighted by atomic mass is 16.5. The molecule has 1 atom stereocenters. The Morgan fingerprint density at radius 2 is 1.61 bits per heavy atom. The molecule has 0 spiro atoms. The van der Waals surface area contributed by atoms with Gasteiger partial charge >= 0.3 is 0 Å². The molecule has 1 aliphatic heterocycles. The summed E-state index contributed by atoms with van der Waals surface area (Å²) in [6.07, 6.45) is -0.489. The van der Waals surface area contributed by atoms with Crippen LogP contribution < -0.4 is 9.64 Å². The lowest BCUT2D eigenvalue weighted by Crippen LogP contribution is -2.49. The van der Waals surface area contributed by atoms with E-state index in [1.807, 2.05) is 24.3 Å². The van der Waals surface area contributed by atoms with Gasteiger partial charge in [-0.25, -0.2) is 0 Å². The number of piperazine rings is 1. The fraction of sp³-hybridized carbons (Fsp3) is 0.333. The Morgan fingerprint density at radius 1 is 0.893 bits per heavy atom. The smallest absolute Gasteiger partial charge is 0.120 e. The Hall–Kier alpha value is -2.56. The zero-order valence-corrected chi connectivity index (χ0v) is 16.4. The molecule has 3 aromatic carbocycles. The summed E-state index contributed by atoms with van der Waals surface area (Å²) in [6, 6.07) is 23.0. The maximum absolute atomic E-state index is 10.4. The van der Waals surface area contributed by atoms with E-state index >= 15 is 0 Å². The maximum atomic E-state index is 10.4. The molecule has 1 heterocycles. The molecule has 0 radical (unpaired) electrons. The van der Waals surface area contributed by atoms with Crippen LogP contribution in [0.1, 0.15) is 5.56 Å². The summed E-state index contributed by atoms with van der Waals surface area (Å²) >= 11 is 0. The summed E-state index contributed by atoms with van der Waals surface area (Å²) in [7, 11) is 0. The molecule has 4 rings (SSSR count). The van der Waals surface area contributed by atoms with Crippen LogP contribution in [-0.2, 0) is 0 Å². The molecule has 0 unspecified atom stereocenters. The maximum Gasteiger partial charge on any atom is 0.120 e. The summed E-state index contributed by atoms with van der Waals surface area (Å²) in [5.74, 6) is 0.807. The van der Waals surface area contributed by atoms with Gasteiger partial charge in [-0.3, -0.25) is 4.90 Å². The third kappa shape index (κ3) is 4.64. The quantitative estimate of drug-likeness (QED) is 0.711. The van der Waals surface area contributed by atoms with Crippen LogP contribution in [0.25, 0.3) is 10.8 Å². The largest absolute Gasteiger partial charge is 0.491 e. The number of ether oxygens (including phenoxy) is 1. The molecule has 1 N–H and O–H groups in total. The van der Waals surface area contributed by atoms with Gasteiger partial charge in [0.2, 0.25) is 0 Å². The van der Waals surface area contributed by atoms with E-state index in [9.17, 15) is 5.11 Å². The molecule has 1 aliphatic rings. The number of hydrogen-bond donors (Lipinski definition) is 1. The van der Waals surface area contributed by atoms with Crippen molar-refractivity contribution in [3.63, 3.8) is 0 Å². The zero-order chi connectivity index (χ0) is 19.3. The van der Waals surface area contributed by atoms with Gasteiger partial charge in [-0.15, -0.1) is 0 Å². The van der Waals surface area contributed by atoms with Crippen LogP contribution in [0.3, 0.4) is 0 Å². The van der Waals surface area contributed by atoms with Crippen LogP contribution in [0.2, 0.25) is 0 Å². The van der Waals surface area contributed by atoms with Crippen LogP contribution in [0.4, 0.5) is 5.69 Å². The van der Waals surface area contributed by atoms with Gasteiger partial charge in [-0.1, -0.05) is 48.0 Å². The molecule has 3 aromatic rings. The molecule has 4 heteroatoms. The Bertz CT molecular complexity index is 902. The van der Waals surface area contributed by atoms with Crippen LogP contribution in [0.5, 0.6) is 5.75 Å². The van der Waals surface area contributed by atoms with E-state index in [4.69, 9.17) is 4.74 Å². The van der Waals surface area contributed by atoms with Crippen molar-refractivity contribution in [3.05, 3.63) is 72.3 Å². The molecule has 0 aromatic heterocycles. The number of benzene rings is 3. The third-order valence-corrected chi connectivity index (χ3v) is 5.40. The molecule has 4 nitrogen and oxygen atoms in total. The molecule has 0 aliphatic carbocycles. The Kier molecular flexibility index (Phi) is 5.79. The molecular formula is C24H28N2O2. The Morgan fingerprint density at radius 3 is 2.36 bits per heavy atom. The fourth-order valence-corrected chi connectivity index (χ4v) is 3.74. The summed E-state index contributed by atoms with van der Waals surface area (Å²) in [5.41, 5.74) is 2.57. The average molecular weight is 377 g/mol. The lowest BCUT2D eigenvalue weighted by atomic mass is 10.1. The lowest BCUT2D eigenvalue weighted by molar-refractivity contribution is 0.0663. The summed E-state index contributed by atoms with van der Waals surface area (Å²) in [4.78, 5) is 4.73. The van der Waals surface area contributed by atoms with Crippen molar-refractivity contribution < 1.29 is 9.84 Å². The van der Waals surface area contributed by atoms with E-state index in [1.165, 1.54) is 16.6 Å². The Labute approximate surface area is 167 Å². The first kappa shape index (κ1) is 18.8. The molecule has 0 amide bonds. The fourth-order valence-electron chi connectivity index (χ4n) is 3.74. The SMILES string of the molecule is Cc1ccc(N2CCN(C[C@H](O)COc3ccc4ccccc4c3)CC2)cc1. The second kappa shape index (κ2) is 8.63. The van der Waals surface area contributed by atoms with Gasteiger partial charge in [0.05, 0.1) is 0 Å². The number of aliphatic hydroxyl groups is 1. The molecule has 146 valence electrons. The van der Waals surface area contributed by atoms with Crippen LogP contribution in [0, 0.1) is 6.92 Å². The number of nitrogens with zero attached hydrogens (tertiary/aromatic N) is 2. The van der Waals surface area contributed by atoms with Gasteiger partial charge in [0.25, 0.3) is 0 Å². The number of hydrogen-bond acceptors (Lipinski definition) is 4. The van der Waals surface area contributed by atoms with E-state index in [-0.39, 0.29) is 0 Å². The molecule has 0 bridgehead atoms. The molecule has 28 heavy (non-hydrogen) atoms. The highest BCUT2D eigenvalue weighted by molar-refractivity contribution is 5.83. The minimum absolute atomic E-state index is 0.316. The minimum Gasteiger partial charge on any atom is -0.491 e. The molecule has 0 saturated carbocycles. The van der Waals surface area contributed by atoms with E-state index in [2.05, 4.69) is 59.2 Å². The van der Waals surface area contributed by atoms with Crippen molar-refractivity contribution in [1.82, 2.24) is 4.90 Å². The third-order valence-electron chi connectivity index (χ3n) is 5.40. The number of aryl methyl sites for hydroxylation is 1. The van der Waals surface area contributed by atoms with Crippen LogP contribution in [-0.4, -0.2) is 55.4 Å². The summed E-state index contributed by atoms with van der Waals surface area (Å²) < 4.78 is 5.83. The minimum atomic E-state index is -0.489. The first-order valence-electron chi connectivity index (χ1n) is 10.0. The van der Waals surface area contributed by atoms with Crippen molar-refractivity contribution in [2.75, 3.05) is 44.2 Å². The number of rotatable bonds is 6. The number of anilines is 1. The van der Waals surface area contributed by atoms with Gasteiger partial charge < -0.3 is 14.7 Å². The van der Waals surface area contributed by atoms with E-state index in [1.54, 1.807) is 0 Å². The van der Waals surface area contributed by atoms with Gasteiger partial charge in [0.15, 0.2) is 0 Å². The number of aliphatic hydroxyl groups excluding tert-OH is 1. The van der Waals surface area contributed by atoms with Crippen molar-refractivity contribution >= 4 is 16.5 Å². The van der Waals surface area contributed by atoms with E-state index in [0.29, 0.717) is 13.2 Å². The van der Waals surface area contributed by atoms with E-state index in [0.717, 1.165) is 37.3 Å². The van der Waals surface area contributed by atoms with Crippen LogP contribution >= 0.6 is 0 Å². The average Bonchev–Trinajstić information content (AvgIpc) is 2.73. The highest BCUT2D eigenvalue weighted by Gasteiger charge is 2.19. The molecular weight excluding hydrogens is 348 g/mol. The van der Waals surface area contributed by atoms with Crippen molar-refractivity contribution in [1.29, 1.82) is 0 Å². The predicted octanol–water partition coefficient (Wildman–Crippen LogP) is 3.71. The van der Waals surface area contributed by atoms with Gasteiger partial charge in [-0.05, 0) is 42.0 Å². The standard InChI is InChI=1S/C24H28N2O2/c1-19-6-9-22(10-7-19)26-14-12-25(13-15-26)17-23(27)18-28-24-11-8-20-4-2-3-5-21(20)16-24/h2-11,16,23,27H,12-15,17-18H2,1H3/t23-/m0/s1. The lowest BCUT2D eigenvalue weighted by Gasteiger charge is -2.36. The zero-order valence-electron chi connectivity index (χ0n) is 16.4. The van der Waals surface area contributed by atoms with Crippen LogP contribution in [0.15, 0.2) is 66.7 Å². The van der Waals surface area contributed by atoms with Gasteiger partial charge in [0, 0.05) is 38.4 Å². The van der Waals surface area contributed by atoms with Crippen molar-refractivity contribution in [2.45, 2.75) is 13.0 Å². The number of fused-ring (bicyclic) bond motifs is 1. The number of β-amino-alcohol motifs (C(OH)–C–C–N with tert-alkyl or cyclic N) is 1. The summed E-state index contributed by atoms with van der Waals surface area (Å²) in [5, 5.41) is 12.8. The van der Waals surface area contributed by atoms with Gasteiger partial charge in [-0.2, -0.15) is 0 Å². The first-order valence-corrected chi connectivity index (χ1v) is 10.0. The second-order valence-corrected chi connectivity index (χ2v) is 7.60. The second-order valence-electron chi connectivity index (χ2n) is 7.60. The Balaban J connectivity index is 1.24. The molecule has 1 saturated heterocycles. The predicted molar refractivity (Wildman–Crippen MR) is 115 cm³/mol. The topological polar surface area (TPSA) is 35.9 Å². The first-order chi connectivity index (χ1) is 13.7. The highest BCUT2D eigenvalue weighted by Crippen LogP contribution is 2.21. The monoisotopic (exact) mass is 376 g/mol. The van der Waals surface area contributed by atoms with Crippen molar-refractivity contribution in [3.8, 4) is 5.75 Å². The summed E-state index contributed by atoms with van der Waals surface area (Å²) in [6.45, 7) is 6.97. The van der Waals surface area contributed by atoms with E-state index < -0.39 is 6.10 Å². The van der Waals surface area contributed by atoms with Gasteiger partial charge in [0.1, 0.15) is 18.5 Å². The van der Waals surface area contributed by atoms with Crippen molar-refractivity contribution in [2.24, 2.45) is 0 Å². The normalized spacial score (nSPS) is 16.3.